The van der Waals surface area contributed by atoms with Crippen molar-refractivity contribution in [1.82, 2.24) is 4.90 Å². The fraction of sp³-hybridized carbons (Fsp3) is 0.625. The zero-order valence-electron chi connectivity index (χ0n) is 12.7. The molecule has 1 aromatic carbocycles. The number of ether oxygens (including phenoxy) is 2. The van der Waals surface area contributed by atoms with Crippen LogP contribution in [0.15, 0.2) is 18.2 Å². The smallest absolute Gasteiger partial charge is 0.122 e. The molecule has 4 nitrogen and oxygen atoms in total. The van der Waals surface area contributed by atoms with E-state index in [4.69, 9.17) is 21.1 Å². The molecule has 1 aliphatic heterocycles. The summed E-state index contributed by atoms with van der Waals surface area (Å²) in [5.41, 5.74) is 0.911. The molecule has 1 saturated heterocycles. The number of morpholine rings is 1. The lowest BCUT2D eigenvalue weighted by atomic mass is 10.0. The van der Waals surface area contributed by atoms with E-state index in [0.29, 0.717) is 18.1 Å². The molecule has 118 valence electrons. The third-order valence-electron chi connectivity index (χ3n) is 3.82. The minimum Gasteiger partial charge on any atom is -0.496 e. The predicted octanol–water partition coefficient (Wildman–Crippen LogP) is 2.36. The van der Waals surface area contributed by atoms with Crippen molar-refractivity contribution >= 4 is 11.6 Å². The topological polar surface area (TPSA) is 41.9 Å². The van der Waals surface area contributed by atoms with Crippen molar-refractivity contribution in [2.24, 2.45) is 0 Å². The zero-order valence-corrected chi connectivity index (χ0v) is 13.5. The summed E-state index contributed by atoms with van der Waals surface area (Å²) >= 11 is 6.03. The minimum absolute atomic E-state index is 0.158. The first-order valence-corrected chi connectivity index (χ1v) is 7.86. The molecule has 0 amide bonds. The fourth-order valence-electron chi connectivity index (χ4n) is 2.75. The maximum absolute atomic E-state index is 10.5. The number of aliphatic hydroxyl groups is 1. The van der Waals surface area contributed by atoms with Gasteiger partial charge in [0.25, 0.3) is 0 Å². The molecule has 2 unspecified atom stereocenters. The number of aliphatic hydroxyl groups excluding tert-OH is 1. The van der Waals surface area contributed by atoms with E-state index < -0.39 is 6.10 Å². The van der Waals surface area contributed by atoms with Gasteiger partial charge in [0.2, 0.25) is 0 Å². The third kappa shape index (κ3) is 4.58. The first kappa shape index (κ1) is 16.6. The zero-order chi connectivity index (χ0) is 15.2. The number of benzene rings is 1. The molecule has 0 saturated carbocycles. The molecule has 0 spiro atoms. The van der Waals surface area contributed by atoms with Crippen molar-refractivity contribution in [3.8, 4) is 5.75 Å². The van der Waals surface area contributed by atoms with Gasteiger partial charge in [0, 0.05) is 24.5 Å². The van der Waals surface area contributed by atoms with Gasteiger partial charge in [0.05, 0.1) is 25.9 Å². The van der Waals surface area contributed by atoms with Crippen LogP contribution in [-0.2, 0) is 11.2 Å². The average Bonchev–Trinajstić information content (AvgIpc) is 2.48. The highest BCUT2D eigenvalue weighted by molar-refractivity contribution is 6.30. The molecule has 0 bridgehead atoms. The SMILES string of the molecule is CCCN1CCOC(C(O)Cc2cc(Cl)ccc2OC)C1. The van der Waals surface area contributed by atoms with Gasteiger partial charge in [-0.2, -0.15) is 0 Å². The Hall–Kier alpha value is -0.810. The van der Waals surface area contributed by atoms with Crippen molar-refractivity contribution in [3.05, 3.63) is 28.8 Å². The highest BCUT2D eigenvalue weighted by Crippen LogP contribution is 2.25. The molecule has 0 radical (unpaired) electrons. The van der Waals surface area contributed by atoms with E-state index in [0.717, 1.165) is 37.4 Å². The maximum atomic E-state index is 10.5. The van der Waals surface area contributed by atoms with Crippen molar-refractivity contribution in [1.29, 1.82) is 0 Å². The fourth-order valence-corrected chi connectivity index (χ4v) is 2.94. The van der Waals surface area contributed by atoms with Gasteiger partial charge in [-0.3, -0.25) is 4.90 Å². The number of hydrogen-bond donors (Lipinski definition) is 1. The summed E-state index contributed by atoms with van der Waals surface area (Å²) in [5.74, 6) is 0.750. The lowest BCUT2D eigenvalue weighted by Gasteiger charge is -2.35. The molecular weight excluding hydrogens is 290 g/mol. The van der Waals surface area contributed by atoms with Gasteiger partial charge in [0.15, 0.2) is 0 Å². The average molecular weight is 314 g/mol. The molecule has 0 aliphatic carbocycles. The molecule has 2 atom stereocenters. The lowest BCUT2D eigenvalue weighted by molar-refractivity contribution is -0.0878. The van der Waals surface area contributed by atoms with E-state index >= 15 is 0 Å². The number of hydrogen-bond acceptors (Lipinski definition) is 4. The molecule has 0 aromatic heterocycles. The third-order valence-corrected chi connectivity index (χ3v) is 4.05. The summed E-state index contributed by atoms with van der Waals surface area (Å²) in [6.07, 6.45) is 0.880. The molecule has 1 fully saturated rings. The second-order valence-electron chi connectivity index (χ2n) is 5.44. The molecule has 21 heavy (non-hydrogen) atoms. The first-order valence-electron chi connectivity index (χ1n) is 7.48. The molecule has 1 aromatic rings. The first-order chi connectivity index (χ1) is 10.1. The standard InChI is InChI=1S/C16H24ClNO3/c1-3-6-18-7-8-21-16(11-18)14(19)10-12-9-13(17)4-5-15(12)20-2/h4-5,9,14,16,19H,3,6-8,10-11H2,1-2H3. The van der Waals surface area contributed by atoms with Crippen LogP contribution in [0.3, 0.4) is 0 Å². The van der Waals surface area contributed by atoms with Gasteiger partial charge < -0.3 is 14.6 Å². The summed E-state index contributed by atoms with van der Waals surface area (Å²) in [6, 6.07) is 5.46. The Bertz CT molecular complexity index is 453. The number of nitrogens with zero attached hydrogens (tertiary/aromatic N) is 1. The van der Waals surface area contributed by atoms with Crippen LogP contribution in [0.1, 0.15) is 18.9 Å². The van der Waals surface area contributed by atoms with Crippen LogP contribution in [0.4, 0.5) is 0 Å². The van der Waals surface area contributed by atoms with E-state index in [-0.39, 0.29) is 6.10 Å². The summed E-state index contributed by atoms with van der Waals surface area (Å²) in [6.45, 7) is 5.61. The Balaban J connectivity index is 2.00. The Labute approximate surface area is 131 Å². The Morgan fingerprint density at radius 1 is 1.52 bits per heavy atom. The Kier molecular flexibility index (Phi) is 6.30. The van der Waals surface area contributed by atoms with Crippen molar-refractivity contribution < 1.29 is 14.6 Å². The van der Waals surface area contributed by atoms with Crippen LogP contribution in [-0.4, -0.2) is 55.6 Å². The number of rotatable bonds is 6. The molecule has 1 aliphatic rings. The monoisotopic (exact) mass is 313 g/mol. The van der Waals surface area contributed by atoms with Gasteiger partial charge in [-0.1, -0.05) is 18.5 Å². The van der Waals surface area contributed by atoms with E-state index in [2.05, 4.69) is 11.8 Å². The van der Waals surface area contributed by atoms with Crippen LogP contribution < -0.4 is 4.74 Å². The summed E-state index contributed by atoms with van der Waals surface area (Å²) < 4.78 is 11.1. The highest BCUT2D eigenvalue weighted by Gasteiger charge is 2.27. The van der Waals surface area contributed by atoms with Gasteiger partial charge in [0.1, 0.15) is 5.75 Å². The normalized spacial score (nSPS) is 21.2. The minimum atomic E-state index is -0.558. The molecular formula is C16H24ClNO3. The summed E-state index contributed by atoms with van der Waals surface area (Å²) in [4.78, 5) is 2.34. The van der Waals surface area contributed by atoms with E-state index in [9.17, 15) is 5.11 Å². The van der Waals surface area contributed by atoms with Crippen LogP contribution in [0.2, 0.25) is 5.02 Å². The second-order valence-corrected chi connectivity index (χ2v) is 5.87. The largest absolute Gasteiger partial charge is 0.496 e. The van der Waals surface area contributed by atoms with E-state index in [1.54, 1.807) is 13.2 Å². The molecule has 2 rings (SSSR count). The molecule has 5 heteroatoms. The van der Waals surface area contributed by atoms with Crippen LogP contribution in [0.5, 0.6) is 5.75 Å². The van der Waals surface area contributed by atoms with Gasteiger partial charge in [-0.25, -0.2) is 0 Å². The van der Waals surface area contributed by atoms with Gasteiger partial charge in [-0.15, -0.1) is 0 Å². The molecule has 1 heterocycles. The van der Waals surface area contributed by atoms with E-state index in [1.165, 1.54) is 0 Å². The van der Waals surface area contributed by atoms with Crippen molar-refractivity contribution in [2.45, 2.75) is 32.0 Å². The van der Waals surface area contributed by atoms with Gasteiger partial charge >= 0.3 is 0 Å². The van der Waals surface area contributed by atoms with Crippen molar-refractivity contribution in [2.75, 3.05) is 33.4 Å². The lowest BCUT2D eigenvalue weighted by Crippen LogP contribution is -2.48. The quantitative estimate of drug-likeness (QED) is 0.875. The predicted molar refractivity (Wildman–Crippen MR) is 84.2 cm³/mol. The van der Waals surface area contributed by atoms with Crippen LogP contribution in [0, 0.1) is 0 Å². The number of halogens is 1. The van der Waals surface area contributed by atoms with E-state index in [1.807, 2.05) is 12.1 Å². The maximum Gasteiger partial charge on any atom is 0.122 e. The number of methoxy groups -OCH3 is 1. The second kappa shape index (κ2) is 7.99. The Morgan fingerprint density at radius 3 is 3.05 bits per heavy atom. The summed E-state index contributed by atoms with van der Waals surface area (Å²) in [5, 5.41) is 11.1. The van der Waals surface area contributed by atoms with Crippen LogP contribution in [0.25, 0.3) is 0 Å². The Morgan fingerprint density at radius 2 is 2.33 bits per heavy atom. The van der Waals surface area contributed by atoms with Crippen LogP contribution >= 0.6 is 11.6 Å². The molecule has 1 N–H and O–H groups in total. The summed E-state index contributed by atoms with van der Waals surface area (Å²) in [7, 11) is 1.62. The highest BCUT2D eigenvalue weighted by atomic mass is 35.5. The van der Waals surface area contributed by atoms with Crippen molar-refractivity contribution in [3.63, 3.8) is 0 Å². The van der Waals surface area contributed by atoms with Gasteiger partial charge in [-0.05, 0) is 36.7 Å².